The Morgan fingerprint density at radius 3 is 2.53 bits per heavy atom. The Bertz CT molecular complexity index is 576. The molecule has 1 heterocycles. The van der Waals surface area contributed by atoms with Crippen molar-refractivity contribution >= 4 is 15.7 Å². The number of aromatic amines is 1. The van der Waals surface area contributed by atoms with Crippen LogP contribution in [-0.4, -0.2) is 23.5 Å². The number of imidazole rings is 1. The van der Waals surface area contributed by atoms with E-state index in [1.54, 1.807) is 24.3 Å². The van der Waals surface area contributed by atoms with Crippen LogP contribution in [0.2, 0.25) is 0 Å². The highest BCUT2D eigenvalue weighted by Crippen LogP contribution is 2.14. The van der Waals surface area contributed by atoms with E-state index < -0.39 is 10.0 Å². The Hall–Kier alpha value is -1.86. The maximum Gasteiger partial charge on any atom is 0.278 e. The van der Waals surface area contributed by atoms with Crippen molar-refractivity contribution in [2.45, 2.75) is 11.6 Å². The topological polar surface area (TPSA) is 95.1 Å². The largest absolute Gasteiger partial charge is 0.392 e. The molecule has 0 aliphatic carbocycles. The van der Waals surface area contributed by atoms with Gasteiger partial charge in [0.05, 0.1) is 19.1 Å². The summed E-state index contributed by atoms with van der Waals surface area (Å²) in [5.41, 5.74) is 1.14. The van der Waals surface area contributed by atoms with Crippen molar-refractivity contribution in [1.82, 2.24) is 9.97 Å². The van der Waals surface area contributed by atoms with Gasteiger partial charge < -0.3 is 10.1 Å². The fraction of sp³-hybridized carbons (Fsp3) is 0.100. The number of nitrogens with one attached hydrogen (secondary N) is 2. The number of nitrogens with zero attached hydrogens (tertiary/aromatic N) is 1. The molecule has 0 saturated heterocycles. The maximum absolute atomic E-state index is 11.8. The molecule has 2 rings (SSSR count). The van der Waals surface area contributed by atoms with Crippen molar-refractivity contribution < 1.29 is 13.5 Å². The van der Waals surface area contributed by atoms with Crippen LogP contribution in [0.3, 0.4) is 0 Å². The van der Waals surface area contributed by atoms with Crippen LogP contribution in [0.25, 0.3) is 0 Å². The summed E-state index contributed by atoms with van der Waals surface area (Å²) in [6.07, 6.45) is 2.52. The van der Waals surface area contributed by atoms with Crippen LogP contribution in [0.1, 0.15) is 5.56 Å². The molecule has 3 N–H and O–H groups in total. The lowest BCUT2D eigenvalue weighted by Crippen LogP contribution is -2.13. The van der Waals surface area contributed by atoms with Gasteiger partial charge in [0.1, 0.15) is 0 Å². The minimum absolute atomic E-state index is 0.00346. The molecule has 7 heteroatoms. The summed E-state index contributed by atoms with van der Waals surface area (Å²) in [5, 5.41) is 8.86. The highest BCUT2D eigenvalue weighted by molar-refractivity contribution is 7.92. The minimum atomic E-state index is -3.62. The lowest BCUT2D eigenvalue weighted by atomic mass is 10.2. The molecule has 1 aromatic heterocycles. The molecule has 0 aliphatic rings. The number of aliphatic hydroxyl groups excluding tert-OH is 1. The summed E-state index contributed by atoms with van der Waals surface area (Å²) < 4.78 is 26.0. The zero-order chi connectivity index (χ0) is 12.3. The molecule has 0 bridgehead atoms. The molecule has 0 spiro atoms. The summed E-state index contributed by atoms with van der Waals surface area (Å²) in [6, 6.07) is 6.45. The molecule has 17 heavy (non-hydrogen) atoms. The number of H-pyrrole nitrogens is 1. The number of sulfonamides is 1. The summed E-state index contributed by atoms with van der Waals surface area (Å²) in [5.74, 6) is 0. The minimum Gasteiger partial charge on any atom is -0.392 e. The van der Waals surface area contributed by atoms with E-state index in [1.165, 1.54) is 12.5 Å². The normalized spacial score (nSPS) is 11.4. The highest BCUT2D eigenvalue weighted by atomic mass is 32.2. The molecule has 0 amide bonds. The van der Waals surface area contributed by atoms with Crippen molar-refractivity contribution in [3.05, 3.63) is 42.4 Å². The maximum atomic E-state index is 11.8. The third-order valence-corrected chi connectivity index (χ3v) is 3.46. The third kappa shape index (κ3) is 2.63. The summed E-state index contributed by atoms with van der Waals surface area (Å²) in [6.45, 7) is -0.0758. The van der Waals surface area contributed by atoms with E-state index in [0.29, 0.717) is 5.69 Å². The molecule has 2 aromatic rings. The van der Waals surface area contributed by atoms with E-state index >= 15 is 0 Å². The van der Waals surface area contributed by atoms with Gasteiger partial charge in [-0.3, -0.25) is 4.72 Å². The molecule has 1 aromatic carbocycles. The third-order valence-electron chi connectivity index (χ3n) is 2.15. The van der Waals surface area contributed by atoms with Crippen LogP contribution in [-0.2, 0) is 16.6 Å². The fourth-order valence-corrected chi connectivity index (χ4v) is 2.24. The fourth-order valence-electron chi connectivity index (χ4n) is 1.28. The second kappa shape index (κ2) is 4.56. The van der Waals surface area contributed by atoms with Gasteiger partial charge in [0.15, 0.2) is 5.03 Å². The van der Waals surface area contributed by atoms with Gasteiger partial charge in [0.2, 0.25) is 0 Å². The van der Waals surface area contributed by atoms with Crippen LogP contribution in [0.5, 0.6) is 0 Å². The Labute approximate surface area is 98.4 Å². The SMILES string of the molecule is O=S(=O)(Nc1ccc(CO)cc1)c1cnc[nH]1. The van der Waals surface area contributed by atoms with Crippen LogP contribution < -0.4 is 4.72 Å². The van der Waals surface area contributed by atoms with Crippen LogP contribution >= 0.6 is 0 Å². The number of benzene rings is 1. The van der Waals surface area contributed by atoms with Crippen molar-refractivity contribution in [2.75, 3.05) is 4.72 Å². The second-order valence-electron chi connectivity index (χ2n) is 3.38. The number of hydrogen-bond donors (Lipinski definition) is 3. The van der Waals surface area contributed by atoms with Gasteiger partial charge in [0, 0.05) is 5.69 Å². The first-order chi connectivity index (χ1) is 8.12. The van der Waals surface area contributed by atoms with Crippen LogP contribution in [0.15, 0.2) is 41.8 Å². The average molecular weight is 253 g/mol. The monoisotopic (exact) mass is 253 g/mol. The van der Waals surface area contributed by atoms with Crippen LogP contribution in [0.4, 0.5) is 5.69 Å². The summed E-state index contributed by atoms with van der Waals surface area (Å²) in [7, 11) is -3.62. The quantitative estimate of drug-likeness (QED) is 0.747. The number of aliphatic hydroxyl groups is 1. The van der Waals surface area contributed by atoms with Crippen molar-refractivity contribution in [3.63, 3.8) is 0 Å². The van der Waals surface area contributed by atoms with E-state index in [9.17, 15) is 8.42 Å². The number of rotatable bonds is 4. The van der Waals surface area contributed by atoms with E-state index in [1.807, 2.05) is 0 Å². The van der Waals surface area contributed by atoms with Gasteiger partial charge >= 0.3 is 0 Å². The van der Waals surface area contributed by atoms with Gasteiger partial charge in [0.25, 0.3) is 10.0 Å². The van der Waals surface area contributed by atoms with E-state index in [0.717, 1.165) is 5.56 Å². The zero-order valence-corrected chi connectivity index (χ0v) is 9.61. The van der Waals surface area contributed by atoms with Gasteiger partial charge in [-0.1, -0.05) is 12.1 Å². The Morgan fingerprint density at radius 2 is 2.00 bits per heavy atom. The average Bonchev–Trinajstić information content (AvgIpc) is 2.84. The molecule has 0 fully saturated rings. The summed E-state index contributed by atoms with van der Waals surface area (Å²) in [4.78, 5) is 6.17. The molecule has 0 saturated carbocycles. The van der Waals surface area contributed by atoms with Crippen LogP contribution in [0, 0.1) is 0 Å². The Balaban J connectivity index is 2.21. The molecular weight excluding hydrogens is 242 g/mol. The number of hydrogen-bond acceptors (Lipinski definition) is 4. The first-order valence-corrected chi connectivity index (χ1v) is 6.31. The lowest BCUT2D eigenvalue weighted by molar-refractivity contribution is 0.282. The first kappa shape index (κ1) is 11.6. The molecular formula is C10H11N3O3S. The molecule has 0 radical (unpaired) electrons. The highest BCUT2D eigenvalue weighted by Gasteiger charge is 2.15. The molecule has 0 unspecified atom stereocenters. The first-order valence-electron chi connectivity index (χ1n) is 4.83. The summed E-state index contributed by atoms with van der Waals surface area (Å²) >= 11 is 0. The molecule has 6 nitrogen and oxygen atoms in total. The standard InChI is InChI=1S/C10H11N3O3S/c14-6-8-1-3-9(4-2-8)13-17(15,16)10-5-11-7-12-10/h1-5,7,13-14H,6H2,(H,11,12). The Kier molecular flexibility index (Phi) is 3.12. The van der Waals surface area contributed by atoms with Gasteiger partial charge in [-0.2, -0.15) is 8.42 Å². The Morgan fingerprint density at radius 1 is 1.29 bits per heavy atom. The van der Waals surface area contributed by atoms with Gasteiger partial charge in [-0.25, -0.2) is 4.98 Å². The number of aromatic nitrogens is 2. The van der Waals surface area contributed by atoms with Gasteiger partial charge in [-0.05, 0) is 17.7 Å². The molecule has 0 aliphatic heterocycles. The number of anilines is 1. The molecule has 90 valence electrons. The van der Waals surface area contributed by atoms with E-state index in [2.05, 4.69) is 14.7 Å². The zero-order valence-electron chi connectivity index (χ0n) is 8.79. The second-order valence-corrected chi connectivity index (χ2v) is 5.03. The van der Waals surface area contributed by atoms with E-state index in [-0.39, 0.29) is 11.6 Å². The lowest BCUT2D eigenvalue weighted by Gasteiger charge is -2.06. The van der Waals surface area contributed by atoms with E-state index in [4.69, 9.17) is 5.11 Å². The van der Waals surface area contributed by atoms with Crippen molar-refractivity contribution in [2.24, 2.45) is 0 Å². The van der Waals surface area contributed by atoms with Crippen molar-refractivity contribution in [1.29, 1.82) is 0 Å². The predicted molar refractivity (Wildman–Crippen MR) is 61.8 cm³/mol. The smallest absolute Gasteiger partial charge is 0.278 e. The predicted octanol–water partition coefficient (Wildman–Crippen LogP) is 0.703. The van der Waals surface area contributed by atoms with Gasteiger partial charge in [-0.15, -0.1) is 0 Å². The van der Waals surface area contributed by atoms with Crippen molar-refractivity contribution in [3.8, 4) is 0 Å². The molecule has 0 atom stereocenters.